The lowest BCUT2D eigenvalue weighted by Gasteiger charge is -2.39. The van der Waals surface area contributed by atoms with Gasteiger partial charge in [0.15, 0.2) is 0 Å². The third kappa shape index (κ3) is 2.76. The summed E-state index contributed by atoms with van der Waals surface area (Å²) in [5, 5.41) is 17.2. The van der Waals surface area contributed by atoms with Gasteiger partial charge in [-0.15, -0.1) is 0 Å². The number of aromatic nitrogens is 1. The lowest BCUT2D eigenvalue weighted by atomic mass is 9.97. The van der Waals surface area contributed by atoms with Crippen LogP contribution in [0, 0.1) is 28.6 Å². The van der Waals surface area contributed by atoms with Gasteiger partial charge >= 0.3 is 6.18 Å². The van der Waals surface area contributed by atoms with Crippen LogP contribution in [0.2, 0.25) is 0 Å². The van der Waals surface area contributed by atoms with E-state index in [0.717, 1.165) is 12.1 Å². The zero-order valence-corrected chi connectivity index (χ0v) is 9.78. The Bertz CT molecular complexity index is 562. The molecular weight excluding hydrogens is 257 g/mol. The van der Waals surface area contributed by atoms with E-state index in [-0.39, 0.29) is 17.4 Å². The Labute approximate surface area is 107 Å². The highest BCUT2D eigenvalue weighted by molar-refractivity contribution is 5.48. The molecule has 98 valence electrons. The van der Waals surface area contributed by atoms with Crippen molar-refractivity contribution in [3.05, 3.63) is 23.4 Å². The highest BCUT2D eigenvalue weighted by Gasteiger charge is 2.34. The Hall–Kier alpha value is -2.28. The molecule has 0 radical (unpaired) electrons. The molecule has 0 amide bonds. The molecule has 0 unspecified atom stereocenters. The number of hydrogen-bond acceptors (Lipinski definition) is 4. The fraction of sp³-hybridized carbons (Fsp3) is 0.417. The van der Waals surface area contributed by atoms with Gasteiger partial charge in [-0.1, -0.05) is 0 Å². The van der Waals surface area contributed by atoms with Gasteiger partial charge in [0.1, 0.15) is 17.6 Å². The van der Waals surface area contributed by atoms with Gasteiger partial charge in [-0.3, -0.25) is 0 Å². The minimum atomic E-state index is -4.50. The summed E-state index contributed by atoms with van der Waals surface area (Å²) in [5.74, 6) is 0.299. The summed E-state index contributed by atoms with van der Waals surface area (Å²) in [7, 11) is 0. The molecule has 1 aliphatic rings. The Morgan fingerprint density at radius 2 is 2.00 bits per heavy atom. The second-order valence-electron chi connectivity index (χ2n) is 4.34. The van der Waals surface area contributed by atoms with Crippen LogP contribution in [0.25, 0.3) is 0 Å². The topological polar surface area (TPSA) is 63.7 Å². The molecule has 7 heteroatoms. The van der Waals surface area contributed by atoms with E-state index >= 15 is 0 Å². The minimum absolute atomic E-state index is 0.139. The molecule has 0 saturated carbocycles. The molecule has 0 bridgehead atoms. The van der Waals surface area contributed by atoms with Crippen molar-refractivity contribution in [2.45, 2.75) is 12.6 Å². The van der Waals surface area contributed by atoms with Crippen molar-refractivity contribution >= 4 is 5.82 Å². The predicted molar refractivity (Wildman–Crippen MR) is 59.9 cm³/mol. The first-order valence-corrected chi connectivity index (χ1v) is 5.55. The van der Waals surface area contributed by atoms with Gasteiger partial charge in [0.2, 0.25) is 0 Å². The van der Waals surface area contributed by atoms with Crippen molar-refractivity contribution in [3.63, 3.8) is 0 Å². The molecule has 0 aliphatic carbocycles. The quantitative estimate of drug-likeness (QED) is 0.824. The standard InChI is InChI=1S/C12H9F3N4/c13-12(14,15)9-3-10(5-17)18-11(4-9)19-6-8(7-19)1-2-16/h3-4,8H,1,6-7H2. The van der Waals surface area contributed by atoms with E-state index in [9.17, 15) is 13.2 Å². The Morgan fingerprint density at radius 1 is 1.32 bits per heavy atom. The van der Waals surface area contributed by atoms with E-state index in [1.165, 1.54) is 0 Å². The van der Waals surface area contributed by atoms with Crippen LogP contribution in [0.15, 0.2) is 12.1 Å². The van der Waals surface area contributed by atoms with Crippen molar-refractivity contribution in [1.82, 2.24) is 4.98 Å². The number of pyridine rings is 1. The smallest absolute Gasteiger partial charge is 0.356 e. The van der Waals surface area contributed by atoms with Crippen LogP contribution in [0.1, 0.15) is 17.7 Å². The van der Waals surface area contributed by atoms with E-state index in [1.54, 1.807) is 11.0 Å². The van der Waals surface area contributed by atoms with Gasteiger partial charge in [0, 0.05) is 25.4 Å². The summed E-state index contributed by atoms with van der Waals surface area (Å²) in [4.78, 5) is 5.50. The van der Waals surface area contributed by atoms with Gasteiger partial charge in [-0.05, 0) is 12.1 Å². The van der Waals surface area contributed by atoms with Crippen LogP contribution in [-0.4, -0.2) is 18.1 Å². The van der Waals surface area contributed by atoms with E-state index in [1.807, 2.05) is 6.07 Å². The average Bonchev–Trinajstić information content (AvgIpc) is 2.31. The number of nitriles is 2. The van der Waals surface area contributed by atoms with E-state index in [4.69, 9.17) is 10.5 Å². The fourth-order valence-corrected chi connectivity index (χ4v) is 1.91. The molecule has 0 spiro atoms. The van der Waals surface area contributed by atoms with Crippen LogP contribution in [0.3, 0.4) is 0 Å². The number of nitrogens with zero attached hydrogens (tertiary/aromatic N) is 4. The highest BCUT2D eigenvalue weighted by atomic mass is 19.4. The number of rotatable bonds is 2. The molecule has 0 N–H and O–H groups in total. The van der Waals surface area contributed by atoms with Crippen molar-refractivity contribution in [3.8, 4) is 12.1 Å². The molecule has 1 saturated heterocycles. The lowest BCUT2D eigenvalue weighted by molar-refractivity contribution is -0.137. The average molecular weight is 266 g/mol. The van der Waals surface area contributed by atoms with Gasteiger partial charge in [0.05, 0.1) is 11.6 Å². The first kappa shape index (κ1) is 13.2. The minimum Gasteiger partial charge on any atom is -0.356 e. The molecule has 1 aliphatic heterocycles. The maximum Gasteiger partial charge on any atom is 0.416 e. The molecule has 0 aromatic carbocycles. The highest BCUT2D eigenvalue weighted by Crippen LogP contribution is 2.33. The summed E-state index contributed by atoms with van der Waals surface area (Å²) in [6, 6.07) is 5.32. The first-order chi connectivity index (χ1) is 8.94. The third-order valence-electron chi connectivity index (χ3n) is 2.91. The van der Waals surface area contributed by atoms with Crippen molar-refractivity contribution in [2.24, 2.45) is 5.92 Å². The van der Waals surface area contributed by atoms with Crippen LogP contribution in [0.5, 0.6) is 0 Å². The monoisotopic (exact) mass is 266 g/mol. The maximum atomic E-state index is 12.7. The lowest BCUT2D eigenvalue weighted by Crippen LogP contribution is -2.47. The molecule has 0 atom stereocenters. The molecule has 1 aromatic rings. The van der Waals surface area contributed by atoms with E-state index in [0.29, 0.717) is 19.5 Å². The van der Waals surface area contributed by atoms with Gasteiger partial charge < -0.3 is 4.90 Å². The SMILES string of the molecule is N#CCC1CN(c2cc(C(F)(F)F)cc(C#N)n2)C1. The predicted octanol–water partition coefficient (Wildman–Crippen LogP) is 2.32. The summed E-state index contributed by atoms with van der Waals surface area (Å²) in [6.07, 6.45) is -4.12. The second-order valence-corrected chi connectivity index (χ2v) is 4.34. The molecule has 4 nitrogen and oxygen atoms in total. The van der Waals surface area contributed by atoms with E-state index < -0.39 is 11.7 Å². The summed E-state index contributed by atoms with van der Waals surface area (Å²) in [6.45, 7) is 0.986. The van der Waals surface area contributed by atoms with E-state index in [2.05, 4.69) is 4.98 Å². The molecular formula is C12H9F3N4. The van der Waals surface area contributed by atoms with Gasteiger partial charge in [-0.2, -0.15) is 23.7 Å². The molecule has 1 fully saturated rings. The van der Waals surface area contributed by atoms with Crippen LogP contribution in [0.4, 0.5) is 19.0 Å². The van der Waals surface area contributed by atoms with Crippen molar-refractivity contribution < 1.29 is 13.2 Å². The molecule has 19 heavy (non-hydrogen) atoms. The molecule has 2 heterocycles. The number of alkyl halides is 3. The first-order valence-electron chi connectivity index (χ1n) is 5.55. The Balaban J connectivity index is 2.23. The largest absolute Gasteiger partial charge is 0.416 e. The second kappa shape index (κ2) is 4.77. The zero-order valence-electron chi connectivity index (χ0n) is 9.78. The number of hydrogen-bond donors (Lipinski definition) is 0. The molecule has 2 rings (SSSR count). The van der Waals surface area contributed by atoms with Crippen LogP contribution >= 0.6 is 0 Å². The number of anilines is 1. The van der Waals surface area contributed by atoms with Crippen LogP contribution in [-0.2, 0) is 6.18 Å². The zero-order chi connectivity index (χ0) is 14.0. The third-order valence-corrected chi connectivity index (χ3v) is 2.91. The van der Waals surface area contributed by atoms with Gasteiger partial charge in [0.25, 0.3) is 0 Å². The maximum absolute atomic E-state index is 12.7. The molecule has 1 aromatic heterocycles. The Morgan fingerprint density at radius 3 is 2.53 bits per heavy atom. The summed E-state index contributed by atoms with van der Waals surface area (Å²) >= 11 is 0. The summed E-state index contributed by atoms with van der Waals surface area (Å²) < 4.78 is 38.0. The van der Waals surface area contributed by atoms with Gasteiger partial charge in [-0.25, -0.2) is 4.98 Å². The summed E-state index contributed by atoms with van der Waals surface area (Å²) in [5.41, 5.74) is -1.13. The van der Waals surface area contributed by atoms with Crippen LogP contribution < -0.4 is 4.90 Å². The fourth-order valence-electron chi connectivity index (χ4n) is 1.91. The van der Waals surface area contributed by atoms with Crippen molar-refractivity contribution in [2.75, 3.05) is 18.0 Å². The normalized spacial score (nSPS) is 15.5. The van der Waals surface area contributed by atoms with Crippen molar-refractivity contribution in [1.29, 1.82) is 10.5 Å². The number of halogens is 3. The Kier molecular flexibility index (Phi) is 3.30.